The van der Waals surface area contributed by atoms with Crippen molar-refractivity contribution in [3.63, 3.8) is 0 Å². The number of carbonyl (C=O) groups is 1. The van der Waals surface area contributed by atoms with E-state index in [2.05, 4.69) is 26.3 Å². The standard InChI is InChI=1S/C17H16BrN3O3/c1-23-14-2-3-16(18)15(8-14)17(22)19-5-6-21-10-13(9-20-21)12-4-7-24-11-12/h2-4,7-11H,5-6H2,1H3,(H,19,22). The highest BCUT2D eigenvalue weighted by Crippen LogP contribution is 2.22. The number of aromatic nitrogens is 2. The van der Waals surface area contributed by atoms with Crippen LogP contribution in [0.3, 0.4) is 0 Å². The van der Waals surface area contributed by atoms with Crippen molar-refractivity contribution in [1.82, 2.24) is 15.1 Å². The second-order valence-corrected chi connectivity index (χ2v) is 5.96. The zero-order chi connectivity index (χ0) is 16.9. The van der Waals surface area contributed by atoms with Crippen LogP contribution in [0.5, 0.6) is 5.75 Å². The van der Waals surface area contributed by atoms with Crippen molar-refractivity contribution in [2.75, 3.05) is 13.7 Å². The highest BCUT2D eigenvalue weighted by atomic mass is 79.9. The molecule has 0 saturated carbocycles. The zero-order valence-corrected chi connectivity index (χ0v) is 14.6. The summed E-state index contributed by atoms with van der Waals surface area (Å²) < 4.78 is 12.7. The minimum Gasteiger partial charge on any atom is -0.497 e. The smallest absolute Gasteiger partial charge is 0.252 e. The van der Waals surface area contributed by atoms with Crippen molar-refractivity contribution < 1.29 is 13.9 Å². The number of nitrogens with zero attached hydrogens (tertiary/aromatic N) is 2. The van der Waals surface area contributed by atoms with E-state index in [1.54, 1.807) is 48.7 Å². The molecule has 0 aliphatic rings. The van der Waals surface area contributed by atoms with E-state index in [-0.39, 0.29) is 5.91 Å². The second-order valence-electron chi connectivity index (χ2n) is 5.11. The van der Waals surface area contributed by atoms with Crippen molar-refractivity contribution >= 4 is 21.8 Å². The predicted octanol–water partition coefficient (Wildman–Crippen LogP) is 3.34. The summed E-state index contributed by atoms with van der Waals surface area (Å²) in [5, 5.41) is 7.16. The molecule has 0 atom stereocenters. The van der Waals surface area contributed by atoms with E-state index in [4.69, 9.17) is 9.15 Å². The van der Waals surface area contributed by atoms with E-state index in [9.17, 15) is 4.79 Å². The molecule has 1 amide bonds. The number of benzene rings is 1. The lowest BCUT2D eigenvalue weighted by Gasteiger charge is -2.08. The van der Waals surface area contributed by atoms with Crippen LogP contribution in [0.15, 0.2) is 58.1 Å². The molecule has 0 saturated heterocycles. The molecule has 2 heterocycles. The molecule has 1 N–H and O–H groups in total. The maximum absolute atomic E-state index is 12.3. The third-order valence-electron chi connectivity index (χ3n) is 3.53. The van der Waals surface area contributed by atoms with Gasteiger partial charge in [-0.25, -0.2) is 0 Å². The summed E-state index contributed by atoms with van der Waals surface area (Å²) in [6.45, 7) is 1.04. The van der Waals surface area contributed by atoms with Crippen LogP contribution in [0.4, 0.5) is 0 Å². The number of nitrogens with one attached hydrogen (secondary N) is 1. The summed E-state index contributed by atoms with van der Waals surface area (Å²) >= 11 is 3.38. The highest BCUT2D eigenvalue weighted by molar-refractivity contribution is 9.10. The summed E-state index contributed by atoms with van der Waals surface area (Å²) in [5.41, 5.74) is 2.49. The van der Waals surface area contributed by atoms with Crippen molar-refractivity contribution in [2.45, 2.75) is 6.54 Å². The van der Waals surface area contributed by atoms with E-state index in [1.165, 1.54) is 0 Å². The van der Waals surface area contributed by atoms with Crippen LogP contribution >= 0.6 is 15.9 Å². The van der Waals surface area contributed by atoms with Gasteiger partial charge in [0.25, 0.3) is 5.91 Å². The van der Waals surface area contributed by atoms with Gasteiger partial charge in [0.1, 0.15) is 5.75 Å². The SMILES string of the molecule is COc1ccc(Br)c(C(=O)NCCn2cc(-c3ccoc3)cn2)c1. The van der Waals surface area contributed by atoms with Crippen LogP contribution < -0.4 is 10.1 Å². The van der Waals surface area contributed by atoms with Crippen molar-refractivity contribution in [2.24, 2.45) is 0 Å². The summed E-state index contributed by atoms with van der Waals surface area (Å²) in [7, 11) is 1.57. The van der Waals surface area contributed by atoms with Gasteiger partial charge in [-0.05, 0) is 40.2 Å². The summed E-state index contributed by atoms with van der Waals surface area (Å²) in [6, 6.07) is 7.16. The number of furan rings is 1. The molecular formula is C17H16BrN3O3. The average molecular weight is 390 g/mol. The molecule has 0 bridgehead atoms. The molecule has 6 nitrogen and oxygen atoms in total. The first-order chi connectivity index (χ1) is 11.7. The van der Waals surface area contributed by atoms with Gasteiger partial charge in [-0.15, -0.1) is 0 Å². The first kappa shape index (κ1) is 16.3. The van der Waals surface area contributed by atoms with Gasteiger partial charge in [0.2, 0.25) is 0 Å². The largest absolute Gasteiger partial charge is 0.497 e. The van der Waals surface area contributed by atoms with Crippen LogP contribution in [0.1, 0.15) is 10.4 Å². The Morgan fingerprint density at radius 2 is 2.25 bits per heavy atom. The number of hydrogen-bond acceptors (Lipinski definition) is 4. The Balaban J connectivity index is 1.57. The Labute approximate surface area is 147 Å². The molecule has 3 rings (SSSR count). The van der Waals surface area contributed by atoms with Gasteiger partial charge in [-0.3, -0.25) is 9.48 Å². The van der Waals surface area contributed by atoms with E-state index in [0.717, 1.165) is 15.6 Å². The topological polar surface area (TPSA) is 69.3 Å². The maximum Gasteiger partial charge on any atom is 0.252 e. The van der Waals surface area contributed by atoms with Crippen LogP contribution in [-0.4, -0.2) is 29.3 Å². The quantitative estimate of drug-likeness (QED) is 0.701. The number of amides is 1. The molecule has 0 unspecified atom stereocenters. The van der Waals surface area contributed by atoms with Gasteiger partial charge in [0.15, 0.2) is 0 Å². The maximum atomic E-state index is 12.3. The van der Waals surface area contributed by atoms with Crippen molar-refractivity contribution in [1.29, 1.82) is 0 Å². The fraction of sp³-hybridized carbons (Fsp3) is 0.176. The van der Waals surface area contributed by atoms with Gasteiger partial charge >= 0.3 is 0 Å². The van der Waals surface area contributed by atoms with Gasteiger partial charge in [-0.2, -0.15) is 5.10 Å². The lowest BCUT2D eigenvalue weighted by Crippen LogP contribution is -2.27. The Hall–Kier alpha value is -2.54. The Bertz CT molecular complexity index is 827. The molecular weight excluding hydrogens is 374 g/mol. The Morgan fingerprint density at radius 3 is 3.00 bits per heavy atom. The average Bonchev–Trinajstić information content (AvgIpc) is 3.26. The fourth-order valence-electron chi connectivity index (χ4n) is 2.25. The minimum absolute atomic E-state index is 0.164. The van der Waals surface area contributed by atoms with Gasteiger partial charge < -0.3 is 14.5 Å². The van der Waals surface area contributed by atoms with Gasteiger partial charge in [0, 0.05) is 28.3 Å². The summed E-state index contributed by atoms with van der Waals surface area (Å²) in [5.74, 6) is 0.475. The first-order valence-electron chi connectivity index (χ1n) is 7.34. The molecule has 0 aliphatic carbocycles. The van der Waals surface area contributed by atoms with Crippen LogP contribution in [0.25, 0.3) is 11.1 Å². The predicted molar refractivity (Wildman–Crippen MR) is 93.0 cm³/mol. The minimum atomic E-state index is -0.164. The Kier molecular flexibility index (Phi) is 5.00. The highest BCUT2D eigenvalue weighted by Gasteiger charge is 2.11. The zero-order valence-electron chi connectivity index (χ0n) is 13.0. The monoisotopic (exact) mass is 389 g/mol. The number of ether oxygens (including phenoxy) is 1. The molecule has 3 aromatic rings. The van der Waals surface area contributed by atoms with Crippen LogP contribution in [0, 0.1) is 0 Å². The lowest BCUT2D eigenvalue weighted by atomic mass is 10.2. The second kappa shape index (κ2) is 7.35. The van der Waals surface area contributed by atoms with Crippen LogP contribution in [-0.2, 0) is 6.54 Å². The molecule has 0 radical (unpaired) electrons. The van der Waals surface area contributed by atoms with E-state index >= 15 is 0 Å². The molecule has 1 aromatic carbocycles. The van der Waals surface area contributed by atoms with E-state index < -0.39 is 0 Å². The molecule has 0 spiro atoms. The van der Waals surface area contributed by atoms with Gasteiger partial charge in [-0.1, -0.05) is 0 Å². The number of methoxy groups -OCH3 is 1. The third-order valence-corrected chi connectivity index (χ3v) is 4.22. The summed E-state index contributed by atoms with van der Waals surface area (Å²) in [6.07, 6.45) is 6.98. The molecule has 124 valence electrons. The van der Waals surface area contributed by atoms with E-state index in [0.29, 0.717) is 24.4 Å². The first-order valence-corrected chi connectivity index (χ1v) is 8.13. The molecule has 0 aliphatic heterocycles. The van der Waals surface area contributed by atoms with Gasteiger partial charge in [0.05, 0.1) is 37.9 Å². The van der Waals surface area contributed by atoms with Crippen LogP contribution in [0.2, 0.25) is 0 Å². The lowest BCUT2D eigenvalue weighted by molar-refractivity contribution is 0.0951. The third kappa shape index (κ3) is 3.68. The number of rotatable bonds is 6. The Morgan fingerprint density at radius 1 is 1.38 bits per heavy atom. The molecule has 7 heteroatoms. The number of halogens is 1. The fourth-order valence-corrected chi connectivity index (χ4v) is 2.67. The molecule has 0 fully saturated rings. The number of hydrogen-bond donors (Lipinski definition) is 1. The number of carbonyl (C=O) groups excluding carboxylic acids is 1. The summed E-state index contributed by atoms with van der Waals surface area (Å²) in [4.78, 5) is 12.3. The molecule has 24 heavy (non-hydrogen) atoms. The molecule has 2 aromatic heterocycles. The van der Waals surface area contributed by atoms with E-state index in [1.807, 2.05) is 12.3 Å². The van der Waals surface area contributed by atoms with Crippen molar-refractivity contribution in [3.05, 3.63) is 59.2 Å². The van der Waals surface area contributed by atoms with Crippen molar-refractivity contribution in [3.8, 4) is 16.9 Å². The normalized spacial score (nSPS) is 10.6.